The SMILES string of the molecule is CCN(C(=O)CNC(=O)NCc1ccco1)C(C)c1ccc(F)cc1. The molecule has 0 aliphatic rings. The van der Waals surface area contributed by atoms with Gasteiger partial charge in [-0.1, -0.05) is 12.1 Å². The van der Waals surface area contributed by atoms with E-state index < -0.39 is 6.03 Å². The van der Waals surface area contributed by atoms with Crippen molar-refractivity contribution in [2.45, 2.75) is 26.4 Å². The fourth-order valence-corrected chi connectivity index (χ4v) is 2.49. The Balaban J connectivity index is 1.84. The maximum absolute atomic E-state index is 13.0. The zero-order valence-electron chi connectivity index (χ0n) is 14.3. The molecule has 25 heavy (non-hydrogen) atoms. The number of likely N-dealkylation sites (N-methyl/N-ethyl adjacent to an activating group) is 1. The largest absolute Gasteiger partial charge is 0.467 e. The van der Waals surface area contributed by atoms with E-state index in [1.807, 2.05) is 13.8 Å². The molecule has 0 saturated heterocycles. The minimum Gasteiger partial charge on any atom is -0.467 e. The smallest absolute Gasteiger partial charge is 0.315 e. The number of carbonyl (C=O) groups is 2. The zero-order valence-corrected chi connectivity index (χ0v) is 14.3. The highest BCUT2D eigenvalue weighted by atomic mass is 19.1. The van der Waals surface area contributed by atoms with Crippen LogP contribution >= 0.6 is 0 Å². The molecular formula is C18H22FN3O3. The van der Waals surface area contributed by atoms with Crippen molar-refractivity contribution in [1.29, 1.82) is 0 Å². The van der Waals surface area contributed by atoms with Gasteiger partial charge < -0.3 is 20.0 Å². The third kappa shape index (κ3) is 5.34. The highest BCUT2D eigenvalue weighted by Crippen LogP contribution is 2.20. The quantitative estimate of drug-likeness (QED) is 0.809. The maximum atomic E-state index is 13.0. The second-order valence-electron chi connectivity index (χ2n) is 5.52. The Hall–Kier alpha value is -2.83. The van der Waals surface area contributed by atoms with E-state index in [1.54, 1.807) is 29.2 Å². The van der Waals surface area contributed by atoms with Gasteiger partial charge in [-0.3, -0.25) is 4.79 Å². The lowest BCUT2D eigenvalue weighted by Gasteiger charge is -2.28. The van der Waals surface area contributed by atoms with Crippen LogP contribution in [0, 0.1) is 5.82 Å². The van der Waals surface area contributed by atoms with Crippen molar-refractivity contribution in [3.05, 3.63) is 59.8 Å². The van der Waals surface area contributed by atoms with Crippen LogP contribution in [-0.4, -0.2) is 29.9 Å². The number of halogens is 1. The number of hydrogen-bond donors (Lipinski definition) is 2. The maximum Gasteiger partial charge on any atom is 0.315 e. The van der Waals surface area contributed by atoms with E-state index in [9.17, 15) is 14.0 Å². The van der Waals surface area contributed by atoms with Gasteiger partial charge >= 0.3 is 6.03 Å². The van der Waals surface area contributed by atoms with Crippen molar-refractivity contribution in [2.24, 2.45) is 0 Å². The summed E-state index contributed by atoms with van der Waals surface area (Å²) in [5.74, 6) is 0.0919. The van der Waals surface area contributed by atoms with Gasteiger partial charge in [0.05, 0.1) is 25.4 Å². The molecule has 6 nitrogen and oxygen atoms in total. The molecule has 1 aromatic heterocycles. The fraction of sp³-hybridized carbons (Fsp3) is 0.333. The van der Waals surface area contributed by atoms with Crippen molar-refractivity contribution in [3.63, 3.8) is 0 Å². The Bertz CT molecular complexity index is 686. The third-order valence-electron chi connectivity index (χ3n) is 3.88. The van der Waals surface area contributed by atoms with E-state index in [4.69, 9.17) is 4.42 Å². The van der Waals surface area contributed by atoms with Gasteiger partial charge in [0.15, 0.2) is 0 Å². The molecule has 2 rings (SSSR count). The average molecular weight is 347 g/mol. The van der Waals surface area contributed by atoms with Gasteiger partial charge in [-0.25, -0.2) is 9.18 Å². The molecule has 1 atom stereocenters. The van der Waals surface area contributed by atoms with Gasteiger partial charge in [0, 0.05) is 6.54 Å². The first-order chi connectivity index (χ1) is 12.0. The Kier molecular flexibility index (Phi) is 6.56. The molecule has 0 radical (unpaired) electrons. The molecule has 0 fully saturated rings. The number of hydrogen-bond acceptors (Lipinski definition) is 3. The second kappa shape index (κ2) is 8.86. The second-order valence-corrected chi connectivity index (χ2v) is 5.52. The van der Waals surface area contributed by atoms with Crippen molar-refractivity contribution in [1.82, 2.24) is 15.5 Å². The first-order valence-corrected chi connectivity index (χ1v) is 8.10. The normalized spacial score (nSPS) is 11.6. The van der Waals surface area contributed by atoms with E-state index >= 15 is 0 Å². The van der Waals surface area contributed by atoms with Gasteiger partial charge in [-0.15, -0.1) is 0 Å². The lowest BCUT2D eigenvalue weighted by Crippen LogP contribution is -2.44. The van der Waals surface area contributed by atoms with E-state index in [-0.39, 0.29) is 30.9 Å². The van der Waals surface area contributed by atoms with Gasteiger partial charge in [0.25, 0.3) is 0 Å². The van der Waals surface area contributed by atoms with Gasteiger partial charge in [-0.05, 0) is 43.7 Å². The van der Waals surface area contributed by atoms with Crippen LogP contribution in [0.2, 0.25) is 0 Å². The fourth-order valence-electron chi connectivity index (χ4n) is 2.49. The molecule has 2 aromatic rings. The molecule has 0 bridgehead atoms. The number of carbonyl (C=O) groups excluding carboxylic acids is 2. The summed E-state index contributed by atoms with van der Waals surface area (Å²) in [5.41, 5.74) is 0.832. The summed E-state index contributed by atoms with van der Waals surface area (Å²) < 4.78 is 18.1. The van der Waals surface area contributed by atoms with Crippen LogP contribution in [0.3, 0.4) is 0 Å². The number of amides is 3. The number of furan rings is 1. The summed E-state index contributed by atoms with van der Waals surface area (Å²) in [5, 5.41) is 5.14. The van der Waals surface area contributed by atoms with Crippen molar-refractivity contribution in [3.8, 4) is 0 Å². The number of benzene rings is 1. The summed E-state index contributed by atoms with van der Waals surface area (Å²) in [7, 11) is 0. The summed E-state index contributed by atoms with van der Waals surface area (Å²) in [6.45, 7) is 4.33. The summed E-state index contributed by atoms with van der Waals surface area (Å²) in [6, 6.07) is 8.85. The van der Waals surface area contributed by atoms with Crippen LogP contribution in [0.1, 0.15) is 31.2 Å². The Morgan fingerprint density at radius 3 is 2.52 bits per heavy atom. The van der Waals surface area contributed by atoms with Crippen molar-refractivity contribution < 1.29 is 18.4 Å². The Morgan fingerprint density at radius 2 is 1.92 bits per heavy atom. The van der Waals surface area contributed by atoms with Gasteiger partial charge in [-0.2, -0.15) is 0 Å². The first-order valence-electron chi connectivity index (χ1n) is 8.10. The summed E-state index contributed by atoms with van der Waals surface area (Å²) in [4.78, 5) is 25.8. The lowest BCUT2D eigenvalue weighted by atomic mass is 10.1. The highest BCUT2D eigenvalue weighted by Gasteiger charge is 2.20. The average Bonchev–Trinajstić information content (AvgIpc) is 3.13. The molecule has 3 amide bonds. The lowest BCUT2D eigenvalue weighted by molar-refractivity contribution is -0.132. The van der Waals surface area contributed by atoms with Crippen LogP contribution in [0.4, 0.5) is 9.18 Å². The molecule has 1 heterocycles. The van der Waals surface area contributed by atoms with Gasteiger partial charge in [0.2, 0.25) is 5.91 Å². The molecule has 134 valence electrons. The third-order valence-corrected chi connectivity index (χ3v) is 3.88. The van der Waals surface area contributed by atoms with Crippen LogP contribution in [0.25, 0.3) is 0 Å². The summed E-state index contributed by atoms with van der Waals surface area (Å²) in [6.07, 6.45) is 1.52. The monoisotopic (exact) mass is 347 g/mol. The highest BCUT2D eigenvalue weighted by molar-refractivity contribution is 5.84. The predicted molar refractivity (Wildman–Crippen MR) is 91.1 cm³/mol. The number of rotatable bonds is 7. The first kappa shape index (κ1) is 18.5. The van der Waals surface area contributed by atoms with E-state index in [1.165, 1.54) is 18.4 Å². The Morgan fingerprint density at radius 1 is 1.20 bits per heavy atom. The van der Waals surface area contributed by atoms with Crippen LogP contribution in [0.5, 0.6) is 0 Å². The molecule has 1 unspecified atom stereocenters. The molecule has 0 aliphatic carbocycles. The minimum absolute atomic E-state index is 0.122. The molecule has 0 saturated carbocycles. The Labute approximate surface area is 146 Å². The number of urea groups is 1. The molecule has 2 N–H and O–H groups in total. The van der Waals surface area contributed by atoms with E-state index in [0.717, 1.165) is 5.56 Å². The van der Waals surface area contributed by atoms with Crippen LogP contribution in [0.15, 0.2) is 47.1 Å². The molecule has 1 aromatic carbocycles. The standard InChI is InChI=1S/C18H22FN3O3/c1-3-22(13(2)14-6-8-15(19)9-7-14)17(23)12-21-18(24)20-11-16-5-4-10-25-16/h4-10,13H,3,11-12H2,1-2H3,(H2,20,21,24). The van der Waals surface area contributed by atoms with Crippen molar-refractivity contribution in [2.75, 3.05) is 13.1 Å². The molecule has 0 spiro atoms. The topological polar surface area (TPSA) is 74.6 Å². The van der Waals surface area contributed by atoms with E-state index in [2.05, 4.69) is 10.6 Å². The number of nitrogens with one attached hydrogen (secondary N) is 2. The molecule has 7 heteroatoms. The van der Waals surface area contributed by atoms with Crippen molar-refractivity contribution >= 4 is 11.9 Å². The van der Waals surface area contributed by atoms with Crippen LogP contribution in [-0.2, 0) is 11.3 Å². The molecule has 0 aliphatic heterocycles. The van der Waals surface area contributed by atoms with E-state index in [0.29, 0.717) is 12.3 Å². The number of nitrogens with zero attached hydrogens (tertiary/aromatic N) is 1. The summed E-state index contributed by atoms with van der Waals surface area (Å²) >= 11 is 0. The zero-order chi connectivity index (χ0) is 18.2. The minimum atomic E-state index is -0.449. The molecular weight excluding hydrogens is 325 g/mol. The van der Waals surface area contributed by atoms with Crippen LogP contribution < -0.4 is 10.6 Å². The van der Waals surface area contributed by atoms with Gasteiger partial charge in [0.1, 0.15) is 11.6 Å². The predicted octanol–water partition coefficient (Wildman–Crippen LogP) is 2.83.